The predicted molar refractivity (Wildman–Crippen MR) is 124 cm³/mol. The first-order valence-corrected chi connectivity index (χ1v) is 11.1. The molecule has 1 aromatic carbocycles. The van der Waals surface area contributed by atoms with Gasteiger partial charge in [-0.05, 0) is 43.2 Å². The van der Waals surface area contributed by atoms with Crippen molar-refractivity contribution in [2.75, 3.05) is 13.1 Å². The largest absolute Gasteiger partial charge is 0.439 e. The lowest BCUT2D eigenvalue weighted by atomic mass is 9.94. The zero-order chi connectivity index (χ0) is 23.3. The predicted octanol–water partition coefficient (Wildman–Crippen LogP) is 4.88. The maximum absolute atomic E-state index is 13.5. The second-order valence-corrected chi connectivity index (χ2v) is 8.09. The molecule has 3 aromatic heterocycles. The Labute approximate surface area is 196 Å². The van der Waals surface area contributed by atoms with Gasteiger partial charge in [-0.1, -0.05) is 18.2 Å². The zero-order valence-electron chi connectivity index (χ0n) is 18.3. The summed E-state index contributed by atoms with van der Waals surface area (Å²) >= 11 is 0. The molecule has 0 bridgehead atoms. The average molecular weight is 455 g/mol. The van der Waals surface area contributed by atoms with E-state index in [0.29, 0.717) is 36.1 Å². The van der Waals surface area contributed by atoms with Crippen LogP contribution in [0.25, 0.3) is 11.3 Å². The summed E-state index contributed by atoms with van der Waals surface area (Å²) in [6, 6.07) is 16.9. The molecule has 170 valence electrons. The number of hydrogen-bond acceptors (Lipinski definition) is 6. The van der Waals surface area contributed by atoms with Gasteiger partial charge in [0.05, 0.1) is 5.69 Å². The number of amides is 1. The van der Waals surface area contributed by atoms with Crippen molar-refractivity contribution >= 4 is 5.91 Å². The van der Waals surface area contributed by atoms with Gasteiger partial charge >= 0.3 is 0 Å². The number of likely N-dealkylation sites (tertiary alicyclic amines) is 1. The van der Waals surface area contributed by atoms with Gasteiger partial charge in [-0.15, -0.1) is 0 Å². The van der Waals surface area contributed by atoms with Crippen molar-refractivity contribution in [1.82, 2.24) is 24.8 Å². The molecule has 7 nitrogen and oxygen atoms in total. The van der Waals surface area contributed by atoms with E-state index in [2.05, 4.69) is 19.9 Å². The quantitative estimate of drug-likeness (QED) is 0.426. The van der Waals surface area contributed by atoms with E-state index in [4.69, 9.17) is 4.74 Å². The van der Waals surface area contributed by atoms with Crippen LogP contribution in [0.2, 0.25) is 0 Å². The van der Waals surface area contributed by atoms with E-state index in [1.165, 1.54) is 18.5 Å². The summed E-state index contributed by atoms with van der Waals surface area (Å²) in [7, 11) is 0. The molecule has 0 radical (unpaired) electrons. The van der Waals surface area contributed by atoms with E-state index in [-0.39, 0.29) is 17.6 Å². The molecule has 0 saturated carbocycles. The molecule has 1 aliphatic heterocycles. The molecule has 5 rings (SSSR count). The molecule has 1 aliphatic rings. The first-order valence-electron chi connectivity index (χ1n) is 11.1. The SMILES string of the molecule is O=C(c1cccc(-c2cncnc2)n1)N1CCC[C@@H](c2cccc(Oc3cccc(F)c3)n2)C1. The second-order valence-electron chi connectivity index (χ2n) is 8.09. The number of piperidine rings is 1. The number of carbonyl (C=O) groups is 1. The van der Waals surface area contributed by atoms with Crippen molar-refractivity contribution in [1.29, 1.82) is 0 Å². The van der Waals surface area contributed by atoms with Crippen molar-refractivity contribution in [2.45, 2.75) is 18.8 Å². The summed E-state index contributed by atoms with van der Waals surface area (Å²) in [4.78, 5) is 32.3. The molecule has 1 saturated heterocycles. The summed E-state index contributed by atoms with van der Waals surface area (Å²) < 4.78 is 19.2. The van der Waals surface area contributed by atoms with E-state index >= 15 is 0 Å². The monoisotopic (exact) mass is 455 g/mol. The van der Waals surface area contributed by atoms with Crippen LogP contribution in [0.5, 0.6) is 11.6 Å². The van der Waals surface area contributed by atoms with Gasteiger partial charge < -0.3 is 9.64 Å². The third-order valence-electron chi connectivity index (χ3n) is 5.72. The Morgan fingerprint density at radius 2 is 1.82 bits per heavy atom. The van der Waals surface area contributed by atoms with Crippen LogP contribution in [0.4, 0.5) is 4.39 Å². The lowest BCUT2D eigenvalue weighted by molar-refractivity contribution is 0.0700. The molecular formula is C26H22FN5O2. The number of hydrogen-bond donors (Lipinski definition) is 0. The summed E-state index contributed by atoms with van der Waals surface area (Å²) in [5.41, 5.74) is 2.64. The molecule has 0 N–H and O–H groups in total. The standard InChI is InChI=1S/C26H22FN5O2/c27-20-6-1-7-21(13-20)34-25-11-3-9-22(31-25)18-5-4-12-32(16-18)26(33)24-10-2-8-23(30-24)19-14-28-17-29-15-19/h1-3,6-11,13-15,17-18H,4-5,12,16H2/t18-/m1/s1. The number of rotatable bonds is 5. The number of halogens is 1. The Hall–Kier alpha value is -4.20. The fraction of sp³-hybridized carbons (Fsp3) is 0.192. The number of nitrogens with zero attached hydrogens (tertiary/aromatic N) is 5. The highest BCUT2D eigenvalue weighted by molar-refractivity contribution is 5.93. The molecule has 8 heteroatoms. The number of aromatic nitrogens is 4. The van der Waals surface area contributed by atoms with Gasteiger partial charge in [-0.2, -0.15) is 0 Å². The molecule has 4 aromatic rings. The van der Waals surface area contributed by atoms with Crippen molar-refractivity contribution in [2.24, 2.45) is 0 Å². The summed E-state index contributed by atoms with van der Waals surface area (Å²) in [5, 5.41) is 0. The zero-order valence-corrected chi connectivity index (χ0v) is 18.3. The number of ether oxygens (including phenoxy) is 1. The smallest absolute Gasteiger partial charge is 0.272 e. The van der Waals surface area contributed by atoms with Crippen LogP contribution in [-0.2, 0) is 0 Å². The maximum atomic E-state index is 13.5. The average Bonchev–Trinajstić information content (AvgIpc) is 2.89. The van der Waals surface area contributed by atoms with Gasteiger partial charge in [-0.3, -0.25) is 4.79 Å². The van der Waals surface area contributed by atoms with E-state index in [1.54, 1.807) is 36.7 Å². The van der Waals surface area contributed by atoms with E-state index in [1.807, 2.05) is 29.2 Å². The minimum Gasteiger partial charge on any atom is -0.439 e. The van der Waals surface area contributed by atoms with Gasteiger partial charge in [0, 0.05) is 54.8 Å². The number of carbonyl (C=O) groups excluding carboxylic acids is 1. The van der Waals surface area contributed by atoms with Crippen molar-refractivity contribution < 1.29 is 13.9 Å². The van der Waals surface area contributed by atoms with E-state index in [0.717, 1.165) is 24.1 Å². The summed E-state index contributed by atoms with van der Waals surface area (Å²) in [5.74, 6) is 0.369. The van der Waals surface area contributed by atoms with Gasteiger partial charge in [0.2, 0.25) is 5.88 Å². The first-order chi connectivity index (χ1) is 16.7. The highest BCUT2D eigenvalue weighted by atomic mass is 19.1. The van der Waals surface area contributed by atoms with Gasteiger partial charge in [0.25, 0.3) is 5.91 Å². The Bertz CT molecular complexity index is 1300. The Kier molecular flexibility index (Phi) is 6.20. The van der Waals surface area contributed by atoms with Crippen LogP contribution in [-0.4, -0.2) is 43.8 Å². The van der Waals surface area contributed by atoms with Crippen LogP contribution in [0.1, 0.15) is 34.9 Å². The first kappa shape index (κ1) is 21.6. The molecular weight excluding hydrogens is 433 g/mol. The fourth-order valence-corrected chi connectivity index (χ4v) is 4.08. The molecule has 1 fully saturated rings. The molecule has 1 atom stereocenters. The highest BCUT2D eigenvalue weighted by Gasteiger charge is 2.27. The molecule has 0 spiro atoms. The number of benzene rings is 1. The Balaban J connectivity index is 1.31. The van der Waals surface area contributed by atoms with Gasteiger partial charge in [0.1, 0.15) is 23.6 Å². The molecule has 34 heavy (non-hydrogen) atoms. The Morgan fingerprint density at radius 3 is 2.68 bits per heavy atom. The van der Waals surface area contributed by atoms with Crippen LogP contribution >= 0.6 is 0 Å². The van der Waals surface area contributed by atoms with E-state index in [9.17, 15) is 9.18 Å². The Morgan fingerprint density at radius 1 is 1.00 bits per heavy atom. The fourth-order valence-electron chi connectivity index (χ4n) is 4.08. The summed E-state index contributed by atoms with van der Waals surface area (Å²) in [6.07, 6.45) is 6.57. The third-order valence-corrected chi connectivity index (χ3v) is 5.72. The minimum atomic E-state index is -0.368. The minimum absolute atomic E-state index is 0.0689. The topological polar surface area (TPSA) is 81.1 Å². The lowest BCUT2D eigenvalue weighted by Gasteiger charge is -2.32. The van der Waals surface area contributed by atoms with Crippen LogP contribution in [0.15, 0.2) is 79.4 Å². The van der Waals surface area contributed by atoms with Gasteiger partial charge in [-0.25, -0.2) is 24.3 Å². The van der Waals surface area contributed by atoms with Gasteiger partial charge in [0.15, 0.2) is 0 Å². The third kappa shape index (κ3) is 4.91. The normalized spacial score (nSPS) is 15.7. The lowest BCUT2D eigenvalue weighted by Crippen LogP contribution is -2.39. The van der Waals surface area contributed by atoms with E-state index < -0.39 is 0 Å². The van der Waals surface area contributed by atoms with Crippen LogP contribution in [0.3, 0.4) is 0 Å². The van der Waals surface area contributed by atoms with Crippen molar-refractivity contribution in [3.63, 3.8) is 0 Å². The summed E-state index contributed by atoms with van der Waals surface area (Å²) in [6.45, 7) is 1.20. The number of pyridine rings is 2. The molecule has 0 unspecified atom stereocenters. The molecule has 0 aliphatic carbocycles. The van der Waals surface area contributed by atoms with Crippen LogP contribution in [0, 0.1) is 5.82 Å². The molecule has 1 amide bonds. The molecule has 4 heterocycles. The van der Waals surface area contributed by atoms with Crippen LogP contribution < -0.4 is 4.74 Å². The second kappa shape index (κ2) is 9.74. The van der Waals surface area contributed by atoms with Crippen molar-refractivity contribution in [3.05, 3.63) is 96.6 Å². The van der Waals surface area contributed by atoms with Crippen molar-refractivity contribution in [3.8, 4) is 22.9 Å². The highest BCUT2D eigenvalue weighted by Crippen LogP contribution is 2.29. The maximum Gasteiger partial charge on any atom is 0.272 e.